The van der Waals surface area contributed by atoms with E-state index in [0.717, 1.165) is 38.0 Å². The summed E-state index contributed by atoms with van der Waals surface area (Å²) in [5.74, 6) is 0.684. The van der Waals surface area contributed by atoms with E-state index < -0.39 is 0 Å². The number of benzene rings is 1. The van der Waals surface area contributed by atoms with Gasteiger partial charge in [0.2, 0.25) is 11.3 Å². The van der Waals surface area contributed by atoms with Gasteiger partial charge in [0, 0.05) is 0 Å². The zero-order valence-corrected chi connectivity index (χ0v) is 13.9. The third-order valence-electron chi connectivity index (χ3n) is 4.63. The van der Waals surface area contributed by atoms with E-state index in [0.29, 0.717) is 28.7 Å². The summed E-state index contributed by atoms with van der Waals surface area (Å²) in [6.45, 7) is 2.14. The van der Waals surface area contributed by atoms with Crippen molar-refractivity contribution in [1.29, 1.82) is 0 Å². The molecular weight excluding hydrogens is 323 g/mol. The predicted octanol–water partition coefficient (Wildman–Crippen LogP) is 2.78. The molecule has 0 radical (unpaired) electrons. The van der Waals surface area contributed by atoms with E-state index in [1.165, 1.54) is 6.07 Å². The van der Waals surface area contributed by atoms with Gasteiger partial charge in [-0.15, -0.1) is 0 Å². The summed E-state index contributed by atoms with van der Waals surface area (Å²) in [6.07, 6.45) is 2.97. The number of rotatable bonds is 4. The number of hydrogen-bond donors (Lipinski definition) is 1. The topological polar surface area (TPSA) is 80.0 Å². The van der Waals surface area contributed by atoms with E-state index in [9.17, 15) is 4.39 Å². The number of halogens is 1. The Balaban J connectivity index is 1.65. The molecule has 4 rings (SSSR count). The zero-order chi connectivity index (χ0) is 17.2. The van der Waals surface area contributed by atoms with Crippen molar-refractivity contribution in [2.24, 2.45) is 5.92 Å². The number of nitrogens with zero attached hydrogens (tertiary/aromatic N) is 5. The van der Waals surface area contributed by atoms with Gasteiger partial charge < -0.3 is 10.2 Å². The number of piperidine rings is 1. The van der Waals surface area contributed by atoms with Crippen molar-refractivity contribution >= 4 is 22.8 Å². The first-order valence-electron chi connectivity index (χ1n) is 8.38. The average Bonchev–Trinajstić information content (AvgIpc) is 3.06. The monoisotopic (exact) mass is 342 g/mol. The summed E-state index contributed by atoms with van der Waals surface area (Å²) in [4.78, 5) is 11.3. The lowest BCUT2D eigenvalue weighted by Crippen LogP contribution is -2.31. The molecule has 0 bridgehead atoms. The minimum Gasteiger partial charge on any atom is -0.336 e. The third kappa shape index (κ3) is 3.43. The molecule has 1 aromatic carbocycles. The van der Waals surface area contributed by atoms with Gasteiger partial charge >= 0.3 is 0 Å². The standard InChI is InChI=1S/C17H19FN6O/c1-24-8-6-11(7-9-24)10-14-15(19-13-5-3-2-4-12(13)18)21-17-16(20-14)22-25-23-17/h2-5,11H,6-10H2,1H3,(H,19,21,23). The van der Waals surface area contributed by atoms with Crippen molar-refractivity contribution in [3.05, 3.63) is 35.8 Å². The molecule has 0 atom stereocenters. The Morgan fingerprint density at radius 3 is 2.64 bits per heavy atom. The van der Waals surface area contributed by atoms with Crippen LogP contribution in [-0.4, -0.2) is 45.3 Å². The van der Waals surface area contributed by atoms with Gasteiger partial charge in [-0.25, -0.2) is 19.0 Å². The lowest BCUT2D eigenvalue weighted by molar-refractivity contribution is 0.218. The Bertz CT molecular complexity index is 874. The summed E-state index contributed by atoms with van der Waals surface area (Å²) in [6, 6.07) is 6.49. The van der Waals surface area contributed by atoms with Crippen LogP contribution in [0.2, 0.25) is 0 Å². The molecule has 8 heteroatoms. The number of aromatic nitrogens is 4. The molecule has 7 nitrogen and oxygen atoms in total. The lowest BCUT2D eigenvalue weighted by atomic mass is 9.92. The second-order valence-electron chi connectivity index (χ2n) is 6.49. The molecule has 0 unspecified atom stereocenters. The first kappa shape index (κ1) is 15.9. The van der Waals surface area contributed by atoms with E-state index in [1.54, 1.807) is 18.2 Å². The van der Waals surface area contributed by atoms with Crippen molar-refractivity contribution in [3.8, 4) is 0 Å². The zero-order valence-electron chi connectivity index (χ0n) is 13.9. The van der Waals surface area contributed by atoms with Gasteiger partial charge in [0.05, 0.1) is 11.4 Å². The van der Waals surface area contributed by atoms with Crippen LogP contribution < -0.4 is 5.32 Å². The molecule has 1 aliphatic rings. The number of likely N-dealkylation sites (tertiary alicyclic amines) is 1. The van der Waals surface area contributed by atoms with Crippen LogP contribution in [0.1, 0.15) is 18.5 Å². The normalized spacial score (nSPS) is 16.4. The van der Waals surface area contributed by atoms with Crippen LogP contribution in [0.15, 0.2) is 28.9 Å². The highest BCUT2D eigenvalue weighted by atomic mass is 19.1. The van der Waals surface area contributed by atoms with Crippen molar-refractivity contribution in [1.82, 2.24) is 25.2 Å². The highest BCUT2D eigenvalue weighted by Crippen LogP contribution is 2.27. The summed E-state index contributed by atoms with van der Waals surface area (Å²) in [7, 11) is 2.13. The maximum atomic E-state index is 14.0. The second-order valence-corrected chi connectivity index (χ2v) is 6.49. The first-order chi connectivity index (χ1) is 12.2. The summed E-state index contributed by atoms with van der Waals surface area (Å²) >= 11 is 0. The molecule has 0 amide bonds. The SMILES string of the molecule is CN1CCC(Cc2nc3nonc3nc2Nc2ccccc2F)CC1. The molecule has 3 heterocycles. The molecule has 25 heavy (non-hydrogen) atoms. The minimum atomic E-state index is -0.340. The van der Waals surface area contributed by atoms with Crippen LogP contribution in [0.4, 0.5) is 15.9 Å². The number of para-hydroxylation sites is 1. The molecule has 1 N–H and O–H groups in total. The smallest absolute Gasteiger partial charge is 0.245 e. The van der Waals surface area contributed by atoms with Gasteiger partial charge in [0.15, 0.2) is 5.82 Å². The Hall–Kier alpha value is -2.61. The maximum Gasteiger partial charge on any atom is 0.245 e. The molecule has 0 aliphatic carbocycles. The van der Waals surface area contributed by atoms with Crippen LogP contribution in [0.3, 0.4) is 0 Å². The Morgan fingerprint density at radius 1 is 1.16 bits per heavy atom. The molecule has 1 fully saturated rings. The molecule has 2 aromatic heterocycles. The van der Waals surface area contributed by atoms with Crippen molar-refractivity contribution in [2.45, 2.75) is 19.3 Å². The van der Waals surface area contributed by atoms with Crippen LogP contribution >= 0.6 is 0 Å². The fraction of sp³-hybridized carbons (Fsp3) is 0.412. The molecule has 130 valence electrons. The Morgan fingerprint density at radius 2 is 1.88 bits per heavy atom. The van der Waals surface area contributed by atoms with Gasteiger partial charge in [-0.05, 0) is 67.8 Å². The Labute approximate surface area is 144 Å². The van der Waals surface area contributed by atoms with Crippen LogP contribution in [0.5, 0.6) is 0 Å². The minimum absolute atomic E-state index is 0.311. The highest BCUT2D eigenvalue weighted by Gasteiger charge is 2.21. The van der Waals surface area contributed by atoms with Crippen LogP contribution in [0, 0.1) is 11.7 Å². The largest absolute Gasteiger partial charge is 0.336 e. The van der Waals surface area contributed by atoms with Gasteiger partial charge in [-0.3, -0.25) is 0 Å². The third-order valence-corrected chi connectivity index (χ3v) is 4.63. The molecule has 0 saturated carbocycles. The quantitative estimate of drug-likeness (QED) is 0.781. The van der Waals surface area contributed by atoms with Gasteiger partial charge in [0.25, 0.3) is 0 Å². The fourth-order valence-electron chi connectivity index (χ4n) is 3.14. The molecular formula is C17H19FN6O. The van der Waals surface area contributed by atoms with Gasteiger partial charge in [-0.2, -0.15) is 0 Å². The molecule has 1 aliphatic heterocycles. The van der Waals surface area contributed by atoms with Crippen molar-refractivity contribution < 1.29 is 9.02 Å². The van der Waals surface area contributed by atoms with E-state index in [-0.39, 0.29) is 5.82 Å². The number of hydrogen-bond acceptors (Lipinski definition) is 7. The van der Waals surface area contributed by atoms with E-state index in [4.69, 9.17) is 4.63 Å². The van der Waals surface area contributed by atoms with Crippen molar-refractivity contribution in [2.75, 3.05) is 25.5 Å². The average molecular weight is 342 g/mol. The summed E-state index contributed by atoms with van der Waals surface area (Å²) in [5, 5.41) is 10.6. The number of fused-ring (bicyclic) bond motifs is 1. The number of nitrogens with one attached hydrogen (secondary N) is 1. The van der Waals surface area contributed by atoms with E-state index in [1.807, 2.05) is 0 Å². The predicted molar refractivity (Wildman–Crippen MR) is 91.0 cm³/mol. The maximum absolute atomic E-state index is 14.0. The van der Waals surface area contributed by atoms with Crippen LogP contribution in [0.25, 0.3) is 11.3 Å². The molecule has 0 spiro atoms. The second kappa shape index (κ2) is 6.72. The highest BCUT2D eigenvalue weighted by molar-refractivity contribution is 5.69. The first-order valence-corrected chi connectivity index (χ1v) is 8.38. The summed E-state index contributed by atoms with van der Waals surface area (Å²) < 4.78 is 18.7. The Kier molecular flexibility index (Phi) is 4.27. The van der Waals surface area contributed by atoms with Crippen molar-refractivity contribution in [3.63, 3.8) is 0 Å². The lowest BCUT2D eigenvalue weighted by Gasteiger charge is -2.28. The van der Waals surface area contributed by atoms with Gasteiger partial charge in [0.1, 0.15) is 5.82 Å². The van der Waals surface area contributed by atoms with Crippen LogP contribution in [-0.2, 0) is 6.42 Å². The van der Waals surface area contributed by atoms with Gasteiger partial charge in [-0.1, -0.05) is 12.1 Å². The summed E-state index contributed by atoms with van der Waals surface area (Å²) in [5.41, 5.74) is 1.81. The fourth-order valence-corrected chi connectivity index (χ4v) is 3.14. The van der Waals surface area contributed by atoms with E-state index >= 15 is 0 Å². The molecule has 1 saturated heterocycles. The number of anilines is 2. The van der Waals surface area contributed by atoms with E-state index in [2.05, 4.69) is 37.5 Å². The molecule has 3 aromatic rings.